The van der Waals surface area contributed by atoms with Crippen molar-refractivity contribution in [3.63, 3.8) is 0 Å². The summed E-state index contributed by atoms with van der Waals surface area (Å²) in [6.45, 7) is 1.42. The fourth-order valence-electron chi connectivity index (χ4n) is 2.12. The van der Waals surface area contributed by atoms with Crippen LogP contribution in [0.15, 0.2) is 48.5 Å². The highest BCUT2D eigenvalue weighted by Gasteiger charge is 2.07. The van der Waals surface area contributed by atoms with Crippen molar-refractivity contribution in [3.8, 4) is 0 Å². The van der Waals surface area contributed by atoms with Gasteiger partial charge in [0.05, 0.1) is 13.5 Å². The molecule has 21 heavy (non-hydrogen) atoms. The number of methoxy groups -OCH3 is 1. The first-order valence-electron chi connectivity index (χ1n) is 6.78. The molecule has 0 amide bonds. The van der Waals surface area contributed by atoms with Crippen LogP contribution in [0, 0.1) is 0 Å². The number of hydrogen-bond acceptors (Lipinski definition) is 3. The van der Waals surface area contributed by atoms with Gasteiger partial charge in [-0.1, -0.05) is 48.0 Å². The number of nitrogens with one attached hydrogen (secondary N) is 1. The first kappa shape index (κ1) is 15.5. The molecule has 0 aliphatic heterocycles. The smallest absolute Gasteiger partial charge is 0.309 e. The number of esters is 1. The molecule has 3 nitrogen and oxygen atoms in total. The number of hydrogen-bond donors (Lipinski definition) is 1. The lowest BCUT2D eigenvalue weighted by molar-refractivity contribution is -0.139. The number of rotatable bonds is 6. The zero-order valence-electron chi connectivity index (χ0n) is 11.9. The van der Waals surface area contributed by atoms with Gasteiger partial charge in [0.15, 0.2) is 0 Å². The lowest BCUT2D eigenvalue weighted by Crippen LogP contribution is -2.15. The summed E-state index contributed by atoms with van der Waals surface area (Å²) >= 11 is 5.96. The van der Waals surface area contributed by atoms with E-state index in [4.69, 9.17) is 16.3 Å². The maximum atomic E-state index is 11.4. The normalized spacial score (nSPS) is 10.4. The topological polar surface area (TPSA) is 38.3 Å². The lowest BCUT2D eigenvalue weighted by Gasteiger charge is -2.10. The summed E-state index contributed by atoms with van der Waals surface area (Å²) in [6.07, 6.45) is 0.297. The van der Waals surface area contributed by atoms with E-state index in [0.717, 1.165) is 28.3 Å². The third-order valence-electron chi connectivity index (χ3n) is 3.21. The lowest BCUT2D eigenvalue weighted by atomic mass is 10.0. The molecule has 0 bridgehead atoms. The number of carbonyl (C=O) groups excluding carboxylic acids is 1. The van der Waals surface area contributed by atoms with E-state index in [1.807, 2.05) is 48.5 Å². The van der Waals surface area contributed by atoms with Crippen LogP contribution in [0.3, 0.4) is 0 Å². The molecule has 1 N–H and O–H groups in total. The Balaban J connectivity index is 1.95. The van der Waals surface area contributed by atoms with Gasteiger partial charge in [0.2, 0.25) is 0 Å². The fraction of sp³-hybridized carbons (Fsp3) is 0.235. The van der Waals surface area contributed by atoms with E-state index in [9.17, 15) is 4.79 Å². The van der Waals surface area contributed by atoms with Crippen LogP contribution < -0.4 is 5.32 Å². The van der Waals surface area contributed by atoms with Crippen molar-refractivity contribution in [1.29, 1.82) is 0 Å². The second-order valence-corrected chi connectivity index (χ2v) is 5.19. The summed E-state index contributed by atoms with van der Waals surface area (Å²) in [5.74, 6) is -0.225. The van der Waals surface area contributed by atoms with Crippen LogP contribution in [0.2, 0.25) is 5.02 Å². The second kappa shape index (κ2) is 7.81. The van der Waals surface area contributed by atoms with Gasteiger partial charge in [0, 0.05) is 18.1 Å². The zero-order chi connectivity index (χ0) is 15.1. The highest BCUT2D eigenvalue weighted by atomic mass is 35.5. The summed E-state index contributed by atoms with van der Waals surface area (Å²) in [6, 6.07) is 15.6. The van der Waals surface area contributed by atoms with Gasteiger partial charge in [-0.2, -0.15) is 0 Å². The van der Waals surface area contributed by atoms with Gasteiger partial charge in [-0.15, -0.1) is 0 Å². The first-order chi connectivity index (χ1) is 10.2. The minimum absolute atomic E-state index is 0.225. The standard InChI is InChI=1S/C17H18ClNO2/c1-21-17(20)10-14-6-2-3-7-15(14)12-19-11-13-5-4-8-16(18)9-13/h2-9,19H,10-12H2,1H3. The van der Waals surface area contributed by atoms with E-state index >= 15 is 0 Å². The molecule has 0 unspecified atom stereocenters. The van der Waals surface area contributed by atoms with Crippen LogP contribution in [-0.2, 0) is 29.0 Å². The van der Waals surface area contributed by atoms with Gasteiger partial charge in [0.25, 0.3) is 0 Å². The number of ether oxygens (including phenoxy) is 1. The Kier molecular flexibility index (Phi) is 5.78. The number of halogens is 1. The van der Waals surface area contributed by atoms with Crippen molar-refractivity contribution < 1.29 is 9.53 Å². The molecule has 0 heterocycles. The van der Waals surface area contributed by atoms with Gasteiger partial charge in [-0.25, -0.2) is 0 Å². The Morgan fingerprint density at radius 1 is 1.10 bits per heavy atom. The minimum atomic E-state index is -0.225. The monoisotopic (exact) mass is 303 g/mol. The molecule has 0 radical (unpaired) electrons. The predicted octanol–water partition coefficient (Wildman–Crippen LogP) is 3.35. The molecule has 4 heteroatoms. The van der Waals surface area contributed by atoms with E-state index in [1.54, 1.807) is 0 Å². The van der Waals surface area contributed by atoms with Crippen molar-refractivity contribution in [3.05, 3.63) is 70.2 Å². The van der Waals surface area contributed by atoms with Crippen LogP contribution in [0.4, 0.5) is 0 Å². The summed E-state index contributed by atoms with van der Waals surface area (Å²) in [4.78, 5) is 11.4. The Morgan fingerprint density at radius 2 is 1.86 bits per heavy atom. The third-order valence-corrected chi connectivity index (χ3v) is 3.45. The molecule has 0 spiro atoms. The van der Waals surface area contributed by atoms with Crippen molar-refractivity contribution in [2.24, 2.45) is 0 Å². The van der Waals surface area contributed by atoms with Crippen LogP contribution in [0.1, 0.15) is 16.7 Å². The van der Waals surface area contributed by atoms with Gasteiger partial charge >= 0.3 is 5.97 Å². The van der Waals surface area contributed by atoms with Crippen molar-refractivity contribution in [2.45, 2.75) is 19.5 Å². The van der Waals surface area contributed by atoms with Crippen molar-refractivity contribution >= 4 is 17.6 Å². The first-order valence-corrected chi connectivity index (χ1v) is 7.15. The summed E-state index contributed by atoms with van der Waals surface area (Å²) in [5.41, 5.74) is 3.22. The molecular formula is C17H18ClNO2. The largest absolute Gasteiger partial charge is 0.469 e. The van der Waals surface area contributed by atoms with E-state index in [1.165, 1.54) is 7.11 Å². The maximum absolute atomic E-state index is 11.4. The average molecular weight is 304 g/mol. The van der Waals surface area contributed by atoms with Crippen molar-refractivity contribution in [2.75, 3.05) is 7.11 Å². The van der Waals surface area contributed by atoms with E-state index in [-0.39, 0.29) is 5.97 Å². The van der Waals surface area contributed by atoms with Gasteiger partial charge < -0.3 is 10.1 Å². The molecule has 2 rings (SSSR count). The molecule has 0 aliphatic carbocycles. The average Bonchev–Trinajstić information content (AvgIpc) is 2.49. The third kappa shape index (κ3) is 4.88. The predicted molar refractivity (Wildman–Crippen MR) is 84.2 cm³/mol. The molecule has 2 aromatic rings. The highest BCUT2D eigenvalue weighted by molar-refractivity contribution is 6.30. The van der Waals surface area contributed by atoms with Crippen LogP contribution in [0.25, 0.3) is 0 Å². The van der Waals surface area contributed by atoms with Gasteiger partial charge in [-0.05, 0) is 28.8 Å². The summed E-state index contributed by atoms with van der Waals surface area (Å²) < 4.78 is 4.72. The van der Waals surface area contributed by atoms with Gasteiger partial charge in [-0.3, -0.25) is 4.79 Å². The summed E-state index contributed by atoms with van der Waals surface area (Å²) in [5, 5.41) is 4.10. The zero-order valence-corrected chi connectivity index (χ0v) is 12.7. The molecule has 0 fully saturated rings. The Labute approximate surface area is 129 Å². The molecule has 110 valence electrons. The Morgan fingerprint density at radius 3 is 2.57 bits per heavy atom. The quantitative estimate of drug-likeness (QED) is 0.832. The van der Waals surface area contributed by atoms with Crippen LogP contribution >= 0.6 is 11.6 Å². The maximum Gasteiger partial charge on any atom is 0.309 e. The number of carbonyl (C=O) groups is 1. The van der Waals surface area contributed by atoms with Crippen molar-refractivity contribution in [1.82, 2.24) is 5.32 Å². The molecule has 2 aromatic carbocycles. The minimum Gasteiger partial charge on any atom is -0.469 e. The van der Waals surface area contributed by atoms with Gasteiger partial charge in [0.1, 0.15) is 0 Å². The molecule has 0 atom stereocenters. The molecule has 0 aliphatic rings. The molecule has 0 saturated carbocycles. The molecular weight excluding hydrogens is 286 g/mol. The Bertz CT molecular complexity index is 613. The SMILES string of the molecule is COC(=O)Cc1ccccc1CNCc1cccc(Cl)c1. The van der Waals surface area contributed by atoms with E-state index < -0.39 is 0 Å². The van der Waals surface area contributed by atoms with E-state index in [2.05, 4.69) is 5.32 Å². The highest BCUT2D eigenvalue weighted by Crippen LogP contribution is 2.12. The molecule has 0 saturated heterocycles. The van der Waals surface area contributed by atoms with Crippen LogP contribution in [-0.4, -0.2) is 13.1 Å². The van der Waals surface area contributed by atoms with Crippen LogP contribution in [0.5, 0.6) is 0 Å². The Hall–Kier alpha value is -1.84. The summed E-state index contributed by atoms with van der Waals surface area (Å²) in [7, 11) is 1.41. The molecule has 0 aromatic heterocycles. The fourth-order valence-corrected chi connectivity index (χ4v) is 2.33. The van der Waals surface area contributed by atoms with E-state index in [0.29, 0.717) is 13.0 Å². The second-order valence-electron chi connectivity index (χ2n) is 4.76. The number of benzene rings is 2.